The smallest absolute Gasteiger partial charge is 0.188 e. The van der Waals surface area contributed by atoms with Crippen LogP contribution in [0.25, 0.3) is 0 Å². The number of hydrazine groups is 1. The first-order chi connectivity index (χ1) is 13.5. The number of hydrogen-bond acceptors (Lipinski definition) is 9. The van der Waals surface area contributed by atoms with Crippen molar-refractivity contribution >= 4 is 34.9 Å². The molecular weight excluding hydrogens is 378 g/mol. The first kappa shape index (κ1) is 21.2. The lowest BCUT2D eigenvalue weighted by Crippen LogP contribution is -2.33. The molecule has 28 heavy (non-hydrogen) atoms. The molecule has 1 aromatic carbocycles. The van der Waals surface area contributed by atoms with Crippen LogP contribution in [-0.4, -0.2) is 31.7 Å². The summed E-state index contributed by atoms with van der Waals surface area (Å²) in [6, 6.07) is 8.79. The monoisotopic (exact) mass is 403 g/mol. The molecule has 0 aliphatic carbocycles. The van der Waals surface area contributed by atoms with Crippen molar-refractivity contribution < 1.29 is 9.52 Å². The molecule has 0 spiro atoms. The van der Waals surface area contributed by atoms with Crippen molar-refractivity contribution in [2.24, 2.45) is 5.84 Å². The van der Waals surface area contributed by atoms with Crippen molar-refractivity contribution in [3.05, 3.63) is 47.4 Å². The lowest BCUT2D eigenvalue weighted by Gasteiger charge is -2.16. The molecule has 3 aromatic rings. The van der Waals surface area contributed by atoms with Crippen molar-refractivity contribution in [2.45, 2.75) is 27.3 Å². The van der Waals surface area contributed by atoms with Crippen LogP contribution < -0.4 is 16.5 Å². The highest BCUT2D eigenvalue weighted by molar-refractivity contribution is 6.99. The third-order valence-electron chi connectivity index (χ3n) is 3.61. The van der Waals surface area contributed by atoms with E-state index in [2.05, 4.69) is 19.4 Å². The Morgan fingerprint density at radius 3 is 2.61 bits per heavy atom. The summed E-state index contributed by atoms with van der Waals surface area (Å²) in [7, 11) is 1.53. The second kappa shape index (κ2) is 9.72. The van der Waals surface area contributed by atoms with E-state index in [-0.39, 0.29) is 11.6 Å². The summed E-state index contributed by atoms with van der Waals surface area (Å²) in [5.41, 5.74) is 0.711. The van der Waals surface area contributed by atoms with Gasteiger partial charge < -0.3 is 20.2 Å². The maximum Gasteiger partial charge on any atom is 0.188 e. The minimum Gasteiger partial charge on any atom is -0.505 e. The number of amidine groups is 1. The zero-order chi connectivity index (χ0) is 20.7. The molecule has 0 radical (unpaired) electrons. The van der Waals surface area contributed by atoms with E-state index >= 15 is 0 Å². The normalized spacial score (nSPS) is 10.0. The Labute approximate surface area is 168 Å². The van der Waals surface area contributed by atoms with Crippen LogP contribution in [0.5, 0.6) is 5.75 Å². The van der Waals surface area contributed by atoms with Gasteiger partial charge in [0.1, 0.15) is 23.1 Å². The highest BCUT2D eigenvalue weighted by Gasteiger charge is 2.16. The number of anilines is 3. The van der Waals surface area contributed by atoms with E-state index < -0.39 is 0 Å². The second-order valence-electron chi connectivity index (χ2n) is 5.61. The van der Waals surface area contributed by atoms with Crippen LogP contribution in [0.15, 0.2) is 34.7 Å². The van der Waals surface area contributed by atoms with Crippen molar-refractivity contribution in [2.75, 3.05) is 17.7 Å². The molecule has 10 heteroatoms. The van der Waals surface area contributed by atoms with E-state index in [1.54, 1.807) is 18.2 Å². The van der Waals surface area contributed by atoms with Crippen LogP contribution in [0, 0.1) is 12.3 Å². The molecule has 9 nitrogen and oxygen atoms in total. The molecule has 0 saturated carbocycles. The van der Waals surface area contributed by atoms with Gasteiger partial charge in [-0.2, -0.15) is 8.75 Å². The van der Waals surface area contributed by atoms with Gasteiger partial charge in [0.25, 0.3) is 0 Å². The molecule has 3 rings (SSSR count). The molecule has 0 aliphatic rings. The van der Waals surface area contributed by atoms with E-state index in [0.717, 1.165) is 28.3 Å². The number of benzene rings is 1. The van der Waals surface area contributed by atoms with Crippen LogP contribution in [0.4, 0.5) is 17.3 Å². The number of para-hydroxylation sites is 1. The average Bonchev–Trinajstić information content (AvgIpc) is 3.31. The molecule has 0 aliphatic heterocycles. The molecule has 0 bridgehead atoms. The predicted molar refractivity (Wildman–Crippen MR) is 112 cm³/mol. The van der Waals surface area contributed by atoms with Crippen molar-refractivity contribution in [3.8, 4) is 5.75 Å². The Morgan fingerprint density at radius 1 is 1.25 bits per heavy atom. The summed E-state index contributed by atoms with van der Waals surface area (Å²) in [6.07, 6.45) is 0. The molecule has 2 heterocycles. The average molecular weight is 404 g/mol. The fourth-order valence-electron chi connectivity index (χ4n) is 2.29. The summed E-state index contributed by atoms with van der Waals surface area (Å²) < 4.78 is 13.9. The summed E-state index contributed by atoms with van der Waals surface area (Å²) >= 11 is 1.04. The van der Waals surface area contributed by atoms with Gasteiger partial charge in [-0.15, -0.1) is 0 Å². The number of aryl methyl sites for hydroxylation is 1. The maximum absolute atomic E-state index is 10.4. The number of nitrogens with zero attached hydrogens (tertiary/aromatic N) is 3. The highest BCUT2D eigenvalue weighted by atomic mass is 32.1. The van der Waals surface area contributed by atoms with E-state index in [9.17, 15) is 5.11 Å². The molecule has 0 fully saturated rings. The molecule has 0 saturated heterocycles. The third kappa shape index (κ3) is 4.99. The van der Waals surface area contributed by atoms with Gasteiger partial charge in [-0.3, -0.25) is 10.4 Å². The van der Waals surface area contributed by atoms with E-state index in [1.807, 2.05) is 32.9 Å². The van der Waals surface area contributed by atoms with Crippen molar-refractivity contribution in [3.63, 3.8) is 0 Å². The molecular formula is C18H25N7O2S. The molecule has 0 atom stereocenters. The Bertz CT molecular complexity index is 920. The SMILES string of the molecule is CC.Cc1ccc(CNc2nsnc2Nc2cccc(C(=N)N(C)N)c2O)o1. The quantitative estimate of drug-likeness (QED) is 0.138. The number of hydrogen-bond donors (Lipinski definition) is 5. The Hall–Kier alpha value is -3.11. The number of aromatic nitrogens is 2. The summed E-state index contributed by atoms with van der Waals surface area (Å²) in [4.78, 5) is 0. The largest absolute Gasteiger partial charge is 0.505 e. The number of aromatic hydroxyl groups is 1. The first-order valence-electron chi connectivity index (χ1n) is 8.74. The summed E-state index contributed by atoms with van der Waals surface area (Å²) in [6.45, 7) is 6.34. The fraction of sp³-hybridized carbons (Fsp3) is 0.278. The number of phenols is 1. The molecule has 0 amide bonds. The van der Waals surface area contributed by atoms with Gasteiger partial charge >= 0.3 is 0 Å². The Kier molecular flexibility index (Phi) is 7.36. The van der Waals surface area contributed by atoms with Crippen LogP contribution in [-0.2, 0) is 6.54 Å². The van der Waals surface area contributed by atoms with Crippen LogP contribution in [0.3, 0.4) is 0 Å². The van der Waals surface area contributed by atoms with Gasteiger partial charge in [0.05, 0.1) is 29.5 Å². The number of furan rings is 1. The lowest BCUT2D eigenvalue weighted by atomic mass is 10.1. The van der Waals surface area contributed by atoms with Gasteiger partial charge in [0, 0.05) is 7.05 Å². The second-order valence-corrected chi connectivity index (χ2v) is 6.14. The molecule has 0 unspecified atom stereocenters. The highest BCUT2D eigenvalue weighted by Crippen LogP contribution is 2.32. The molecule has 6 N–H and O–H groups in total. The lowest BCUT2D eigenvalue weighted by molar-refractivity contribution is 0.471. The molecule has 2 aromatic heterocycles. The van der Waals surface area contributed by atoms with Gasteiger partial charge in [-0.1, -0.05) is 19.9 Å². The summed E-state index contributed by atoms with van der Waals surface area (Å²) in [5.74, 6) is 8.12. The minimum absolute atomic E-state index is 0.00547. The predicted octanol–water partition coefficient (Wildman–Crippen LogP) is 3.66. The van der Waals surface area contributed by atoms with Gasteiger partial charge in [-0.25, -0.2) is 5.84 Å². The summed E-state index contributed by atoms with van der Waals surface area (Å²) in [5, 5.41) is 25.7. The number of phenolic OH excluding ortho intramolecular Hbond substituents is 1. The first-order valence-corrected chi connectivity index (χ1v) is 9.47. The maximum atomic E-state index is 10.4. The van der Waals surface area contributed by atoms with Crippen LogP contribution >= 0.6 is 11.7 Å². The van der Waals surface area contributed by atoms with Crippen molar-refractivity contribution in [1.82, 2.24) is 13.8 Å². The topological polar surface area (TPSA) is 136 Å². The van der Waals surface area contributed by atoms with E-state index in [0.29, 0.717) is 29.4 Å². The van der Waals surface area contributed by atoms with Gasteiger partial charge in [0.2, 0.25) is 0 Å². The van der Waals surface area contributed by atoms with Crippen molar-refractivity contribution in [1.29, 1.82) is 5.41 Å². The zero-order valence-electron chi connectivity index (χ0n) is 16.3. The Morgan fingerprint density at radius 2 is 1.96 bits per heavy atom. The fourth-order valence-corrected chi connectivity index (χ4v) is 2.78. The zero-order valence-corrected chi connectivity index (χ0v) is 17.1. The van der Waals surface area contributed by atoms with Crippen LogP contribution in [0.1, 0.15) is 30.9 Å². The van der Waals surface area contributed by atoms with E-state index in [1.165, 1.54) is 7.05 Å². The minimum atomic E-state index is -0.0876. The number of nitrogens with one attached hydrogen (secondary N) is 3. The van der Waals surface area contributed by atoms with E-state index in [4.69, 9.17) is 15.7 Å². The van der Waals surface area contributed by atoms with Crippen LogP contribution in [0.2, 0.25) is 0 Å². The van der Waals surface area contributed by atoms with Gasteiger partial charge in [0.15, 0.2) is 11.6 Å². The standard InChI is InChI=1S/C16H19N7O2S.C2H6/c1-9-6-7-10(25-9)8-19-15-16(22-26-21-15)20-12-5-3-4-11(13(12)24)14(17)23(2)18;1-2/h3-7,17,24H,8,18H2,1-2H3,(H,19,21)(H,20,22);1-2H3. The number of rotatable bonds is 6. The number of nitrogens with two attached hydrogens (primary N) is 1. The molecule has 150 valence electrons. The third-order valence-corrected chi connectivity index (χ3v) is 4.14. The Balaban J connectivity index is 0.00000136. The van der Waals surface area contributed by atoms with Gasteiger partial charge in [-0.05, 0) is 31.2 Å².